The van der Waals surface area contributed by atoms with Crippen molar-refractivity contribution in [2.75, 3.05) is 21.3 Å². The molecule has 0 radical (unpaired) electrons. The Kier molecular flexibility index (Phi) is 6.16. The highest BCUT2D eigenvalue weighted by Crippen LogP contribution is 2.34. The first kappa shape index (κ1) is 19.7. The van der Waals surface area contributed by atoms with Gasteiger partial charge in [-0.25, -0.2) is 4.39 Å². The van der Waals surface area contributed by atoms with Crippen LogP contribution in [0.25, 0.3) is 10.4 Å². The molecule has 1 N–H and O–H groups in total. The molecule has 0 unspecified atom stereocenters. The number of halogens is 1. The van der Waals surface area contributed by atoms with Crippen LogP contribution < -0.4 is 19.5 Å². The van der Waals surface area contributed by atoms with Gasteiger partial charge in [-0.3, -0.25) is 4.79 Å². The predicted octanol–water partition coefficient (Wildman–Crippen LogP) is 4.51. The van der Waals surface area contributed by atoms with E-state index < -0.39 is 0 Å². The van der Waals surface area contributed by atoms with E-state index in [2.05, 4.69) is 5.32 Å². The smallest absolute Gasteiger partial charge is 0.261 e. The highest BCUT2D eigenvalue weighted by atomic mass is 32.1. The normalized spacial score (nSPS) is 10.4. The fourth-order valence-electron chi connectivity index (χ4n) is 2.72. The van der Waals surface area contributed by atoms with Crippen LogP contribution in [0.15, 0.2) is 48.5 Å². The van der Waals surface area contributed by atoms with E-state index in [9.17, 15) is 9.18 Å². The van der Waals surface area contributed by atoms with Gasteiger partial charge in [0.05, 0.1) is 26.2 Å². The molecule has 0 aliphatic carbocycles. The van der Waals surface area contributed by atoms with Crippen LogP contribution >= 0.6 is 11.3 Å². The standard InChI is InChI=1S/C21H20FNO4S/c1-25-16-11-18(27-3)17(26-2)10-14(16)12-23-21(24)20-9-8-19(28-20)13-4-6-15(22)7-5-13/h4-11H,12H2,1-3H3,(H,23,24). The Labute approximate surface area is 166 Å². The molecule has 0 saturated carbocycles. The van der Waals surface area contributed by atoms with Gasteiger partial charge in [0.2, 0.25) is 0 Å². The minimum Gasteiger partial charge on any atom is -0.496 e. The first-order valence-corrected chi connectivity index (χ1v) is 9.30. The zero-order chi connectivity index (χ0) is 20.1. The van der Waals surface area contributed by atoms with Crippen molar-refractivity contribution in [1.29, 1.82) is 0 Å². The summed E-state index contributed by atoms with van der Waals surface area (Å²) in [4.78, 5) is 14.0. The first-order valence-electron chi connectivity index (χ1n) is 8.48. The molecule has 146 valence electrons. The molecule has 0 saturated heterocycles. The third-order valence-corrected chi connectivity index (χ3v) is 5.32. The van der Waals surface area contributed by atoms with Crippen LogP contribution in [0.2, 0.25) is 0 Å². The quantitative estimate of drug-likeness (QED) is 0.633. The third kappa shape index (κ3) is 4.26. The van der Waals surface area contributed by atoms with Gasteiger partial charge in [-0.1, -0.05) is 12.1 Å². The Morgan fingerprint density at radius 3 is 2.21 bits per heavy atom. The van der Waals surface area contributed by atoms with Gasteiger partial charge in [-0.2, -0.15) is 0 Å². The molecule has 1 amide bonds. The van der Waals surface area contributed by atoms with Gasteiger partial charge in [0.1, 0.15) is 11.6 Å². The highest BCUT2D eigenvalue weighted by molar-refractivity contribution is 7.17. The lowest BCUT2D eigenvalue weighted by atomic mass is 10.1. The van der Waals surface area contributed by atoms with E-state index in [1.54, 1.807) is 51.7 Å². The summed E-state index contributed by atoms with van der Waals surface area (Å²) in [6, 6.07) is 13.3. The lowest BCUT2D eigenvalue weighted by Gasteiger charge is -2.14. The summed E-state index contributed by atoms with van der Waals surface area (Å²) in [5, 5.41) is 2.89. The topological polar surface area (TPSA) is 56.8 Å². The van der Waals surface area contributed by atoms with Gasteiger partial charge in [0.15, 0.2) is 11.5 Å². The van der Waals surface area contributed by atoms with Crippen molar-refractivity contribution in [2.45, 2.75) is 6.54 Å². The highest BCUT2D eigenvalue weighted by Gasteiger charge is 2.14. The van der Waals surface area contributed by atoms with Crippen LogP contribution in [-0.2, 0) is 6.54 Å². The predicted molar refractivity (Wildman–Crippen MR) is 107 cm³/mol. The van der Waals surface area contributed by atoms with Crippen LogP contribution in [0.5, 0.6) is 17.2 Å². The van der Waals surface area contributed by atoms with Gasteiger partial charge in [0, 0.05) is 23.1 Å². The summed E-state index contributed by atoms with van der Waals surface area (Å²) in [5.74, 6) is 1.22. The van der Waals surface area contributed by atoms with E-state index in [0.29, 0.717) is 22.1 Å². The van der Waals surface area contributed by atoms with E-state index in [-0.39, 0.29) is 18.3 Å². The molecular formula is C21H20FNO4S. The SMILES string of the molecule is COc1cc(OC)c(OC)cc1CNC(=O)c1ccc(-c2ccc(F)cc2)s1. The van der Waals surface area contributed by atoms with Crippen LogP contribution in [0.1, 0.15) is 15.2 Å². The molecule has 0 aliphatic rings. The van der Waals surface area contributed by atoms with Crippen molar-refractivity contribution in [2.24, 2.45) is 0 Å². The van der Waals surface area contributed by atoms with Crippen LogP contribution in [0.4, 0.5) is 4.39 Å². The Bertz CT molecular complexity index is 969. The number of carbonyl (C=O) groups is 1. The Morgan fingerprint density at radius 2 is 1.57 bits per heavy atom. The van der Waals surface area contributed by atoms with Crippen molar-refractivity contribution < 1.29 is 23.4 Å². The van der Waals surface area contributed by atoms with Crippen LogP contribution in [0.3, 0.4) is 0 Å². The van der Waals surface area contributed by atoms with Crippen molar-refractivity contribution in [1.82, 2.24) is 5.32 Å². The summed E-state index contributed by atoms with van der Waals surface area (Å²) in [6.07, 6.45) is 0. The minimum atomic E-state index is -0.290. The number of thiophene rings is 1. The maximum Gasteiger partial charge on any atom is 0.261 e. The molecular weight excluding hydrogens is 381 g/mol. The molecule has 1 heterocycles. The van der Waals surface area contributed by atoms with E-state index in [1.807, 2.05) is 6.07 Å². The zero-order valence-electron chi connectivity index (χ0n) is 15.7. The minimum absolute atomic E-state index is 0.199. The van der Waals surface area contributed by atoms with Crippen molar-refractivity contribution in [3.8, 4) is 27.7 Å². The number of nitrogens with one attached hydrogen (secondary N) is 1. The molecule has 3 rings (SSSR count). The maximum absolute atomic E-state index is 13.1. The van der Waals surface area contributed by atoms with Crippen molar-refractivity contribution in [3.63, 3.8) is 0 Å². The number of carbonyl (C=O) groups excluding carboxylic acids is 1. The van der Waals surface area contributed by atoms with Gasteiger partial charge in [0.25, 0.3) is 5.91 Å². The monoisotopic (exact) mass is 401 g/mol. The average molecular weight is 401 g/mol. The Morgan fingerprint density at radius 1 is 0.929 bits per heavy atom. The molecule has 5 nitrogen and oxygen atoms in total. The van der Waals surface area contributed by atoms with E-state index in [4.69, 9.17) is 14.2 Å². The van der Waals surface area contributed by atoms with Crippen LogP contribution in [-0.4, -0.2) is 27.2 Å². The summed E-state index contributed by atoms with van der Waals surface area (Å²) < 4.78 is 29.0. The molecule has 7 heteroatoms. The molecule has 1 aromatic heterocycles. The Balaban J connectivity index is 1.73. The van der Waals surface area contributed by atoms with Crippen LogP contribution in [0, 0.1) is 5.82 Å². The number of hydrogen-bond acceptors (Lipinski definition) is 5. The van der Waals surface area contributed by atoms with E-state index >= 15 is 0 Å². The first-order chi connectivity index (χ1) is 13.5. The number of amides is 1. The largest absolute Gasteiger partial charge is 0.496 e. The maximum atomic E-state index is 13.1. The van der Waals surface area contributed by atoms with Gasteiger partial charge in [-0.05, 0) is 35.9 Å². The number of rotatable bonds is 7. The van der Waals surface area contributed by atoms with Crippen molar-refractivity contribution >= 4 is 17.2 Å². The van der Waals surface area contributed by atoms with Gasteiger partial charge in [-0.15, -0.1) is 11.3 Å². The van der Waals surface area contributed by atoms with Gasteiger partial charge >= 0.3 is 0 Å². The second-order valence-electron chi connectivity index (χ2n) is 5.87. The fraction of sp³-hybridized carbons (Fsp3) is 0.190. The molecule has 0 atom stereocenters. The molecule has 2 aromatic carbocycles. The van der Waals surface area contributed by atoms with Gasteiger partial charge < -0.3 is 19.5 Å². The molecule has 28 heavy (non-hydrogen) atoms. The second-order valence-corrected chi connectivity index (χ2v) is 6.96. The molecule has 0 spiro atoms. The molecule has 0 fully saturated rings. The third-order valence-electron chi connectivity index (χ3n) is 4.18. The van der Waals surface area contributed by atoms with E-state index in [1.165, 1.54) is 23.5 Å². The number of benzene rings is 2. The Hall–Kier alpha value is -3.06. The molecule has 0 aliphatic heterocycles. The fourth-order valence-corrected chi connectivity index (χ4v) is 3.65. The lowest BCUT2D eigenvalue weighted by molar-refractivity contribution is 0.0954. The number of methoxy groups -OCH3 is 3. The van der Waals surface area contributed by atoms with E-state index in [0.717, 1.165) is 16.0 Å². The molecule has 3 aromatic rings. The summed E-state index contributed by atoms with van der Waals surface area (Å²) in [7, 11) is 4.66. The number of ether oxygens (including phenoxy) is 3. The molecule has 0 bridgehead atoms. The van der Waals surface area contributed by atoms with Crippen molar-refractivity contribution in [3.05, 3.63) is 64.8 Å². The summed E-state index contributed by atoms with van der Waals surface area (Å²) >= 11 is 1.35. The average Bonchev–Trinajstić information content (AvgIpc) is 3.22. The second kappa shape index (κ2) is 8.75. The zero-order valence-corrected chi connectivity index (χ0v) is 16.6. The summed E-state index contributed by atoms with van der Waals surface area (Å²) in [5.41, 5.74) is 1.64. The summed E-state index contributed by atoms with van der Waals surface area (Å²) in [6.45, 7) is 0.270. The lowest BCUT2D eigenvalue weighted by Crippen LogP contribution is -2.22. The number of hydrogen-bond donors (Lipinski definition) is 1.